The molecule has 142 valence electrons. The highest BCUT2D eigenvalue weighted by molar-refractivity contribution is 6.10. The number of ether oxygens (including phenoxy) is 1. The summed E-state index contributed by atoms with van der Waals surface area (Å²) in [6.07, 6.45) is 4.97. The molecule has 2 amide bonds. The molecule has 0 saturated carbocycles. The van der Waals surface area contributed by atoms with Crippen LogP contribution in [0.1, 0.15) is 25.3 Å². The third-order valence-corrected chi connectivity index (χ3v) is 4.16. The van der Waals surface area contributed by atoms with Gasteiger partial charge in [0.1, 0.15) is 11.3 Å². The van der Waals surface area contributed by atoms with Gasteiger partial charge in [0.05, 0.1) is 5.36 Å². The topological polar surface area (TPSA) is 80.1 Å². The van der Waals surface area contributed by atoms with Crippen molar-refractivity contribution < 1.29 is 14.3 Å². The number of para-hydroxylation sites is 1. The number of aryl methyl sites for hydroxylation is 1. The number of hydrogen-bond acceptors (Lipinski definition) is 4. The van der Waals surface area contributed by atoms with Gasteiger partial charge in [0.15, 0.2) is 6.61 Å². The molecule has 6 heteroatoms. The Bertz CT molecular complexity index is 1050. The molecule has 0 unspecified atom stereocenters. The Morgan fingerprint density at radius 3 is 2.75 bits per heavy atom. The Kier molecular flexibility index (Phi) is 6.50. The fourth-order valence-corrected chi connectivity index (χ4v) is 2.64. The molecule has 1 heterocycles. The first-order valence-corrected chi connectivity index (χ1v) is 9.19. The highest BCUT2D eigenvalue weighted by Gasteiger charge is 2.09. The maximum Gasteiger partial charge on any atom is 0.287 e. The Labute approximate surface area is 163 Å². The first-order chi connectivity index (χ1) is 13.7. The lowest BCUT2D eigenvalue weighted by Gasteiger charge is -2.06. The van der Waals surface area contributed by atoms with E-state index in [1.165, 1.54) is 5.56 Å². The monoisotopic (exact) mass is 375 g/mol. The molecule has 0 saturated heterocycles. The van der Waals surface area contributed by atoms with Gasteiger partial charge in [-0.1, -0.05) is 43.7 Å². The van der Waals surface area contributed by atoms with Crippen molar-refractivity contribution in [2.24, 2.45) is 10.1 Å². The minimum atomic E-state index is -0.448. The summed E-state index contributed by atoms with van der Waals surface area (Å²) in [7, 11) is 0. The van der Waals surface area contributed by atoms with E-state index in [0.717, 1.165) is 24.5 Å². The van der Waals surface area contributed by atoms with Gasteiger partial charge in [-0.25, -0.2) is 10.4 Å². The second-order valence-electron chi connectivity index (χ2n) is 6.33. The van der Waals surface area contributed by atoms with Crippen molar-refractivity contribution in [1.82, 2.24) is 5.43 Å². The number of hydrogen-bond donors (Lipinski definition) is 1. The number of amides is 2. The van der Waals surface area contributed by atoms with Crippen molar-refractivity contribution in [3.63, 3.8) is 0 Å². The van der Waals surface area contributed by atoms with E-state index in [4.69, 9.17) is 4.74 Å². The van der Waals surface area contributed by atoms with Crippen molar-refractivity contribution in [3.8, 4) is 5.75 Å². The van der Waals surface area contributed by atoms with E-state index in [1.54, 1.807) is 12.1 Å². The largest absolute Gasteiger partial charge is 0.484 e. The number of nitrogens with one attached hydrogen (secondary N) is 1. The van der Waals surface area contributed by atoms with Gasteiger partial charge in [-0.15, -0.1) is 5.10 Å². The SMILES string of the molecule is CCCCc1ccc(OCC(=O)NN=C=C2C=c3ccccc3=NC2=O)cc1. The smallest absolute Gasteiger partial charge is 0.287 e. The summed E-state index contributed by atoms with van der Waals surface area (Å²) < 4.78 is 5.44. The van der Waals surface area contributed by atoms with Gasteiger partial charge in [-0.05, 0) is 42.7 Å². The molecule has 0 bridgehead atoms. The maximum absolute atomic E-state index is 11.9. The molecule has 0 fully saturated rings. The first-order valence-electron chi connectivity index (χ1n) is 9.19. The van der Waals surface area contributed by atoms with E-state index in [2.05, 4.69) is 28.3 Å². The van der Waals surface area contributed by atoms with Crippen molar-refractivity contribution in [2.45, 2.75) is 26.2 Å². The van der Waals surface area contributed by atoms with Crippen molar-refractivity contribution in [1.29, 1.82) is 0 Å². The second-order valence-corrected chi connectivity index (χ2v) is 6.33. The lowest BCUT2D eigenvalue weighted by Crippen LogP contribution is -2.30. The predicted octanol–water partition coefficient (Wildman–Crippen LogP) is 1.68. The van der Waals surface area contributed by atoms with Crippen LogP contribution in [0.4, 0.5) is 0 Å². The van der Waals surface area contributed by atoms with Gasteiger partial charge in [0.25, 0.3) is 11.8 Å². The van der Waals surface area contributed by atoms with Gasteiger partial charge in [0, 0.05) is 11.1 Å². The molecule has 0 aromatic heterocycles. The van der Waals surface area contributed by atoms with Crippen LogP contribution < -0.4 is 20.7 Å². The quantitative estimate of drug-likeness (QED) is 0.454. The van der Waals surface area contributed by atoms with Gasteiger partial charge in [-0.2, -0.15) is 0 Å². The third kappa shape index (κ3) is 5.25. The van der Waals surface area contributed by atoms with Crippen LogP contribution in [0, 0.1) is 0 Å². The number of hydrazone groups is 1. The van der Waals surface area contributed by atoms with Crippen LogP contribution in [-0.4, -0.2) is 24.3 Å². The zero-order chi connectivity index (χ0) is 19.8. The Balaban J connectivity index is 1.55. The number of rotatable bonds is 7. The van der Waals surface area contributed by atoms with E-state index >= 15 is 0 Å². The van der Waals surface area contributed by atoms with Crippen LogP contribution in [0.3, 0.4) is 0 Å². The fourth-order valence-electron chi connectivity index (χ4n) is 2.64. The van der Waals surface area contributed by atoms with Gasteiger partial charge >= 0.3 is 0 Å². The van der Waals surface area contributed by atoms with Crippen molar-refractivity contribution >= 4 is 23.8 Å². The summed E-state index contributed by atoms with van der Waals surface area (Å²) in [6.45, 7) is 1.98. The molecule has 1 aliphatic heterocycles. The molecule has 2 aromatic rings. The number of fused-ring (bicyclic) bond motifs is 1. The van der Waals surface area contributed by atoms with E-state index in [9.17, 15) is 9.59 Å². The van der Waals surface area contributed by atoms with Crippen LogP contribution in [0.25, 0.3) is 6.08 Å². The molecule has 0 spiro atoms. The highest BCUT2D eigenvalue weighted by atomic mass is 16.5. The van der Waals surface area contributed by atoms with Crippen LogP contribution >= 0.6 is 0 Å². The van der Waals surface area contributed by atoms with Crippen LogP contribution in [0.15, 0.2) is 64.2 Å². The van der Waals surface area contributed by atoms with Crippen LogP contribution in [-0.2, 0) is 16.0 Å². The molecular weight excluding hydrogens is 354 g/mol. The Morgan fingerprint density at radius 1 is 1.18 bits per heavy atom. The van der Waals surface area contributed by atoms with E-state index < -0.39 is 11.8 Å². The molecule has 0 radical (unpaired) electrons. The number of unbranched alkanes of at least 4 members (excludes halogenated alkanes) is 1. The number of carbonyl (C=O) groups is 2. The molecule has 1 N–H and O–H groups in total. The third-order valence-electron chi connectivity index (χ3n) is 4.16. The minimum Gasteiger partial charge on any atom is -0.484 e. The van der Waals surface area contributed by atoms with Crippen molar-refractivity contribution in [2.75, 3.05) is 6.61 Å². The Morgan fingerprint density at radius 2 is 1.96 bits per heavy atom. The average molecular weight is 375 g/mol. The summed E-state index contributed by atoms with van der Waals surface area (Å²) in [4.78, 5) is 27.7. The standard InChI is InChI=1S/C22H21N3O3/c1-2-3-6-16-9-11-19(12-10-16)28-15-21(26)25-23-14-18-13-17-7-4-5-8-20(17)24-22(18)27/h4-5,7-13H,2-3,6,15H2,1H3,(H,25,26). The number of nitrogens with zero attached hydrogens (tertiary/aromatic N) is 2. The zero-order valence-corrected chi connectivity index (χ0v) is 15.6. The normalized spacial score (nSPS) is 12.2. The number of carbonyl (C=O) groups excluding carboxylic acids is 2. The van der Waals surface area contributed by atoms with Gasteiger partial charge < -0.3 is 4.74 Å². The summed E-state index contributed by atoms with van der Waals surface area (Å²) in [5.41, 5.74) is 3.73. The Hall–Kier alpha value is -3.50. The lowest BCUT2D eigenvalue weighted by atomic mass is 10.1. The first kappa shape index (κ1) is 19.3. The molecule has 0 atom stereocenters. The highest BCUT2D eigenvalue weighted by Crippen LogP contribution is 2.13. The average Bonchev–Trinajstić information content (AvgIpc) is 2.72. The van der Waals surface area contributed by atoms with Gasteiger partial charge in [-0.3, -0.25) is 9.59 Å². The van der Waals surface area contributed by atoms with E-state index in [0.29, 0.717) is 11.1 Å². The lowest BCUT2D eigenvalue weighted by molar-refractivity contribution is -0.123. The molecular formula is C22H21N3O3. The minimum absolute atomic E-state index is 0.181. The zero-order valence-electron chi connectivity index (χ0n) is 15.6. The van der Waals surface area contributed by atoms with Crippen LogP contribution in [0.5, 0.6) is 5.75 Å². The molecule has 3 rings (SSSR count). The molecule has 28 heavy (non-hydrogen) atoms. The maximum atomic E-state index is 11.9. The fraction of sp³-hybridized carbons (Fsp3) is 0.227. The molecule has 6 nitrogen and oxygen atoms in total. The molecule has 0 aliphatic carbocycles. The van der Waals surface area contributed by atoms with Gasteiger partial charge in [0.2, 0.25) is 0 Å². The summed E-state index contributed by atoms with van der Waals surface area (Å²) in [5, 5.41) is 5.11. The second kappa shape index (κ2) is 9.44. The summed E-state index contributed by atoms with van der Waals surface area (Å²) in [5.74, 6) is 2.25. The summed E-state index contributed by atoms with van der Waals surface area (Å²) in [6, 6.07) is 14.9. The molecule has 2 aromatic carbocycles. The molecule has 1 aliphatic rings. The predicted molar refractivity (Wildman–Crippen MR) is 106 cm³/mol. The number of benzene rings is 2. The van der Waals surface area contributed by atoms with E-state index in [-0.39, 0.29) is 12.2 Å². The van der Waals surface area contributed by atoms with E-state index in [1.807, 2.05) is 42.5 Å². The van der Waals surface area contributed by atoms with Crippen LogP contribution in [0.2, 0.25) is 0 Å². The summed E-state index contributed by atoms with van der Waals surface area (Å²) >= 11 is 0. The van der Waals surface area contributed by atoms with Crippen molar-refractivity contribution in [3.05, 3.63) is 70.2 Å².